The maximum atomic E-state index is 12.3. The van der Waals surface area contributed by atoms with Crippen molar-refractivity contribution in [2.75, 3.05) is 0 Å². The molecule has 0 atom stereocenters. The third kappa shape index (κ3) is 4.75. The molecule has 0 bridgehead atoms. The molecule has 3 aromatic rings. The van der Waals surface area contributed by atoms with Gasteiger partial charge in [-0.05, 0) is 47.0 Å². The second-order valence-corrected chi connectivity index (χ2v) is 6.16. The summed E-state index contributed by atoms with van der Waals surface area (Å²) < 4.78 is 0. The van der Waals surface area contributed by atoms with Gasteiger partial charge in [-0.25, -0.2) is 9.59 Å². The summed E-state index contributed by atoms with van der Waals surface area (Å²) in [6.45, 7) is 0. The molecule has 0 aliphatic heterocycles. The first-order valence-electron chi connectivity index (χ1n) is 8.70. The number of hydrogen-bond donors (Lipinski definition) is 3. The maximum Gasteiger partial charge on any atom is 0.352 e. The van der Waals surface area contributed by atoms with Crippen molar-refractivity contribution in [3.8, 4) is 11.1 Å². The van der Waals surface area contributed by atoms with Crippen molar-refractivity contribution < 1.29 is 24.6 Å². The van der Waals surface area contributed by atoms with Crippen molar-refractivity contribution in [2.45, 2.75) is 0 Å². The van der Waals surface area contributed by atoms with Crippen molar-refractivity contribution in [1.82, 2.24) is 5.32 Å². The molecular weight excluding hydrogens is 370 g/mol. The molecule has 144 valence electrons. The van der Waals surface area contributed by atoms with E-state index in [9.17, 15) is 24.6 Å². The van der Waals surface area contributed by atoms with E-state index < -0.39 is 17.8 Å². The second kappa shape index (κ2) is 8.67. The fourth-order valence-corrected chi connectivity index (χ4v) is 2.82. The van der Waals surface area contributed by atoms with Crippen LogP contribution in [0.15, 0.2) is 84.6 Å². The van der Waals surface area contributed by atoms with E-state index in [0.717, 1.165) is 0 Å². The number of carboxylic acid groups (broad SMARTS) is 2. The molecule has 1 amide bonds. The van der Waals surface area contributed by atoms with Crippen molar-refractivity contribution in [2.24, 2.45) is 0 Å². The molecule has 0 fully saturated rings. The van der Waals surface area contributed by atoms with Gasteiger partial charge in [0.2, 0.25) is 0 Å². The molecule has 3 aromatic carbocycles. The van der Waals surface area contributed by atoms with E-state index in [1.54, 1.807) is 72.8 Å². The lowest BCUT2D eigenvalue weighted by Crippen LogP contribution is -2.27. The standard InChI is InChI=1S/C23H17NO5/c25-21(16-8-2-1-3-9-16)24-20(23(28)29)14-15-7-6-10-17(13-15)18-11-4-5-12-19(18)22(26)27/h1-14H,(H,24,25)(H,26,27)(H,28,29)/b20-14-. The number of hydrogen-bond acceptors (Lipinski definition) is 3. The topological polar surface area (TPSA) is 104 Å². The van der Waals surface area contributed by atoms with Gasteiger partial charge in [-0.2, -0.15) is 0 Å². The van der Waals surface area contributed by atoms with Crippen LogP contribution in [-0.4, -0.2) is 28.1 Å². The summed E-state index contributed by atoms with van der Waals surface area (Å²) in [5.74, 6) is -2.87. The molecule has 29 heavy (non-hydrogen) atoms. The van der Waals surface area contributed by atoms with E-state index in [1.165, 1.54) is 12.1 Å². The molecule has 0 saturated carbocycles. The maximum absolute atomic E-state index is 12.3. The average Bonchev–Trinajstić information content (AvgIpc) is 2.74. The number of carboxylic acids is 2. The van der Waals surface area contributed by atoms with Gasteiger partial charge < -0.3 is 15.5 Å². The van der Waals surface area contributed by atoms with E-state index >= 15 is 0 Å². The van der Waals surface area contributed by atoms with Gasteiger partial charge in [-0.3, -0.25) is 4.79 Å². The fourth-order valence-electron chi connectivity index (χ4n) is 2.82. The van der Waals surface area contributed by atoms with Gasteiger partial charge in [0, 0.05) is 5.56 Å². The lowest BCUT2D eigenvalue weighted by molar-refractivity contribution is -0.132. The summed E-state index contributed by atoms with van der Waals surface area (Å²) >= 11 is 0. The molecule has 0 aliphatic carbocycles. The molecule has 6 nitrogen and oxygen atoms in total. The Morgan fingerprint density at radius 3 is 2.17 bits per heavy atom. The molecule has 0 aromatic heterocycles. The molecule has 3 rings (SSSR count). The Balaban J connectivity index is 1.94. The third-order valence-corrected chi connectivity index (χ3v) is 4.18. The van der Waals surface area contributed by atoms with Crippen LogP contribution in [0.1, 0.15) is 26.3 Å². The second-order valence-electron chi connectivity index (χ2n) is 6.16. The van der Waals surface area contributed by atoms with Crippen LogP contribution in [0.5, 0.6) is 0 Å². The number of aliphatic carboxylic acids is 1. The molecule has 0 heterocycles. The highest BCUT2D eigenvalue weighted by Crippen LogP contribution is 2.25. The van der Waals surface area contributed by atoms with Crippen LogP contribution >= 0.6 is 0 Å². The first-order valence-corrected chi connectivity index (χ1v) is 8.70. The van der Waals surface area contributed by atoms with Gasteiger partial charge in [-0.15, -0.1) is 0 Å². The Labute approximate surface area is 166 Å². The van der Waals surface area contributed by atoms with E-state index in [-0.39, 0.29) is 11.3 Å². The number of carbonyl (C=O) groups is 3. The van der Waals surface area contributed by atoms with Crippen LogP contribution in [0.3, 0.4) is 0 Å². The molecule has 0 spiro atoms. The van der Waals surface area contributed by atoms with Gasteiger partial charge in [0.05, 0.1) is 5.56 Å². The number of amides is 1. The SMILES string of the molecule is O=C(O)/C(=C/c1cccc(-c2ccccc2C(=O)O)c1)NC(=O)c1ccccc1. The Bertz CT molecular complexity index is 1100. The largest absolute Gasteiger partial charge is 0.478 e. The number of carbonyl (C=O) groups excluding carboxylic acids is 1. The lowest BCUT2D eigenvalue weighted by Gasteiger charge is -2.09. The zero-order valence-corrected chi connectivity index (χ0v) is 15.2. The van der Waals surface area contributed by atoms with Gasteiger partial charge in [0.1, 0.15) is 5.70 Å². The molecule has 3 N–H and O–H groups in total. The van der Waals surface area contributed by atoms with Crippen LogP contribution in [0.4, 0.5) is 0 Å². The highest BCUT2D eigenvalue weighted by molar-refractivity contribution is 6.03. The first-order chi connectivity index (χ1) is 14.0. The van der Waals surface area contributed by atoms with Gasteiger partial charge in [0.25, 0.3) is 5.91 Å². The number of benzene rings is 3. The summed E-state index contributed by atoms with van der Waals surface area (Å²) in [6, 6.07) is 21.6. The van der Waals surface area contributed by atoms with Crippen molar-refractivity contribution in [3.05, 3.63) is 101 Å². The van der Waals surface area contributed by atoms with Crippen molar-refractivity contribution in [1.29, 1.82) is 0 Å². The lowest BCUT2D eigenvalue weighted by atomic mass is 9.98. The number of aromatic carboxylic acids is 1. The van der Waals surface area contributed by atoms with Crippen LogP contribution in [0.25, 0.3) is 17.2 Å². The van der Waals surface area contributed by atoms with Gasteiger partial charge in [0.15, 0.2) is 0 Å². The summed E-state index contributed by atoms with van der Waals surface area (Å²) in [6.07, 6.45) is 1.33. The summed E-state index contributed by atoms with van der Waals surface area (Å²) in [4.78, 5) is 35.4. The van der Waals surface area contributed by atoms with Crippen molar-refractivity contribution >= 4 is 23.9 Å². The normalized spacial score (nSPS) is 11.0. The molecule has 6 heteroatoms. The number of rotatable bonds is 6. The minimum atomic E-state index is -1.29. The van der Waals surface area contributed by atoms with Crippen LogP contribution < -0.4 is 5.32 Å². The molecule has 0 unspecified atom stereocenters. The average molecular weight is 387 g/mol. The van der Waals surface area contributed by atoms with Crippen LogP contribution in [0.2, 0.25) is 0 Å². The van der Waals surface area contributed by atoms with E-state index in [0.29, 0.717) is 22.3 Å². The highest BCUT2D eigenvalue weighted by atomic mass is 16.4. The fraction of sp³-hybridized carbons (Fsp3) is 0. The summed E-state index contributed by atoms with van der Waals surface area (Å²) in [5, 5.41) is 21.3. The highest BCUT2D eigenvalue weighted by Gasteiger charge is 2.14. The zero-order chi connectivity index (χ0) is 20.8. The summed E-state index contributed by atoms with van der Waals surface area (Å²) in [7, 11) is 0. The molecule has 0 saturated heterocycles. The van der Waals surface area contributed by atoms with Crippen LogP contribution in [-0.2, 0) is 4.79 Å². The Hall–Kier alpha value is -4.19. The zero-order valence-electron chi connectivity index (χ0n) is 15.2. The minimum absolute atomic E-state index is 0.143. The smallest absolute Gasteiger partial charge is 0.352 e. The quantitative estimate of drug-likeness (QED) is 0.557. The third-order valence-electron chi connectivity index (χ3n) is 4.18. The van der Waals surface area contributed by atoms with Gasteiger partial charge in [-0.1, -0.05) is 54.6 Å². The van der Waals surface area contributed by atoms with E-state index in [4.69, 9.17) is 0 Å². The molecule has 0 radical (unpaired) electrons. The van der Waals surface area contributed by atoms with E-state index in [1.807, 2.05) is 0 Å². The number of nitrogens with one attached hydrogen (secondary N) is 1. The van der Waals surface area contributed by atoms with Crippen LogP contribution in [0, 0.1) is 0 Å². The summed E-state index contributed by atoms with van der Waals surface area (Å²) in [5.41, 5.74) is 1.83. The predicted octanol–water partition coefficient (Wildman–Crippen LogP) is 3.91. The first kappa shape index (κ1) is 19.6. The molecular formula is C23H17NO5. The predicted molar refractivity (Wildman–Crippen MR) is 108 cm³/mol. The van der Waals surface area contributed by atoms with Crippen molar-refractivity contribution in [3.63, 3.8) is 0 Å². The monoisotopic (exact) mass is 387 g/mol. The Morgan fingerprint density at radius 1 is 0.793 bits per heavy atom. The Kier molecular flexibility index (Phi) is 5.85. The Morgan fingerprint density at radius 2 is 1.48 bits per heavy atom. The van der Waals surface area contributed by atoms with Gasteiger partial charge >= 0.3 is 11.9 Å². The molecule has 0 aliphatic rings. The minimum Gasteiger partial charge on any atom is -0.478 e. The van der Waals surface area contributed by atoms with E-state index in [2.05, 4.69) is 5.32 Å².